The molecule has 0 radical (unpaired) electrons. The number of allylic oxidation sites excluding steroid dienone is 1. The molecule has 0 heterocycles. The summed E-state index contributed by atoms with van der Waals surface area (Å²) in [4.78, 5) is 18.2. The van der Waals surface area contributed by atoms with Crippen molar-refractivity contribution in [1.82, 2.24) is 5.32 Å². The maximum atomic E-state index is 12.9. The summed E-state index contributed by atoms with van der Waals surface area (Å²) in [6.07, 6.45) is 9.92. The van der Waals surface area contributed by atoms with Crippen molar-refractivity contribution in [3.05, 3.63) is 77.5 Å². The third-order valence-corrected chi connectivity index (χ3v) is 8.00. The molecule has 1 saturated carbocycles. The lowest BCUT2D eigenvalue weighted by atomic mass is 9.74. The molecule has 2 atom stereocenters. The number of hydrogen-bond acceptors (Lipinski definition) is 4. The van der Waals surface area contributed by atoms with E-state index in [-0.39, 0.29) is 11.9 Å². The minimum atomic E-state index is -0.582. The van der Waals surface area contributed by atoms with Crippen molar-refractivity contribution in [1.29, 1.82) is 0 Å². The van der Waals surface area contributed by atoms with E-state index < -0.39 is 5.54 Å². The number of hydrogen-bond donors (Lipinski definition) is 2. The average Bonchev–Trinajstić information content (AvgIpc) is 2.90. The monoisotopic (exact) mass is 487 g/mol. The Morgan fingerprint density at radius 2 is 1.89 bits per heavy atom. The van der Waals surface area contributed by atoms with Crippen LogP contribution in [-0.4, -0.2) is 24.8 Å². The fourth-order valence-corrected chi connectivity index (χ4v) is 5.72. The van der Waals surface area contributed by atoms with Crippen molar-refractivity contribution in [2.24, 2.45) is 16.6 Å². The van der Waals surface area contributed by atoms with Crippen LogP contribution in [0.25, 0.3) is 0 Å². The van der Waals surface area contributed by atoms with Crippen LogP contribution < -0.4 is 15.8 Å². The van der Waals surface area contributed by atoms with Crippen molar-refractivity contribution in [2.75, 3.05) is 7.11 Å². The maximum absolute atomic E-state index is 12.9. The first-order chi connectivity index (χ1) is 17.4. The summed E-state index contributed by atoms with van der Waals surface area (Å²) in [6, 6.07) is 16.2. The molecule has 2 aromatic rings. The van der Waals surface area contributed by atoms with Gasteiger partial charge in [-0.2, -0.15) is 0 Å². The molecule has 1 fully saturated rings. The van der Waals surface area contributed by atoms with Crippen LogP contribution in [0.15, 0.2) is 65.8 Å². The minimum absolute atomic E-state index is 0.0246. The number of methoxy groups -OCH3 is 1. The second-order valence-corrected chi connectivity index (χ2v) is 10.6. The number of rotatable bonds is 9. The molecule has 0 aliphatic heterocycles. The van der Waals surface area contributed by atoms with Crippen molar-refractivity contribution in [3.8, 4) is 5.75 Å². The van der Waals surface area contributed by atoms with Crippen molar-refractivity contribution in [3.63, 3.8) is 0 Å². The maximum Gasteiger partial charge on any atom is 0.224 e. The van der Waals surface area contributed by atoms with Crippen LogP contribution in [0.2, 0.25) is 0 Å². The van der Waals surface area contributed by atoms with Crippen LogP contribution in [0, 0.1) is 5.92 Å². The molecule has 0 spiro atoms. The fraction of sp³-hybridized carbons (Fsp3) is 0.484. The third-order valence-electron chi connectivity index (χ3n) is 8.00. The Morgan fingerprint density at radius 1 is 1.14 bits per heavy atom. The molecule has 0 bridgehead atoms. The second kappa shape index (κ2) is 11.9. The van der Waals surface area contributed by atoms with E-state index in [9.17, 15) is 4.79 Å². The number of aryl methyl sites for hydroxylation is 2. The predicted octanol–water partition coefficient (Wildman–Crippen LogP) is 5.86. The van der Waals surface area contributed by atoms with E-state index >= 15 is 0 Å². The number of fused-ring (bicyclic) bond motifs is 1. The molecule has 36 heavy (non-hydrogen) atoms. The number of carbonyl (C=O) groups excluding carboxylic acids is 1. The molecule has 0 saturated heterocycles. The zero-order valence-corrected chi connectivity index (χ0v) is 21.9. The van der Waals surface area contributed by atoms with Gasteiger partial charge in [-0.3, -0.25) is 9.79 Å². The van der Waals surface area contributed by atoms with Crippen LogP contribution in [-0.2, 0) is 23.2 Å². The molecule has 2 aliphatic rings. The van der Waals surface area contributed by atoms with E-state index in [1.807, 2.05) is 24.3 Å². The summed E-state index contributed by atoms with van der Waals surface area (Å²) in [5.74, 6) is 1.39. The van der Waals surface area contributed by atoms with E-state index in [0.717, 1.165) is 41.9 Å². The van der Waals surface area contributed by atoms with Gasteiger partial charge in [-0.25, -0.2) is 0 Å². The zero-order valence-electron chi connectivity index (χ0n) is 21.9. The van der Waals surface area contributed by atoms with E-state index in [1.165, 1.54) is 37.7 Å². The molecular weight excluding hydrogens is 446 g/mol. The summed E-state index contributed by atoms with van der Waals surface area (Å²) in [5.41, 5.74) is 11.2. The lowest BCUT2D eigenvalue weighted by Crippen LogP contribution is -2.46. The van der Waals surface area contributed by atoms with Crippen LogP contribution >= 0.6 is 0 Å². The van der Waals surface area contributed by atoms with Gasteiger partial charge in [-0.05, 0) is 67.3 Å². The molecule has 4 rings (SSSR count). The molecule has 2 aliphatic carbocycles. The Balaban J connectivity index is 1.58. The minimum Gasteiger partial charge on any atom is -0.497 e. The summed E-state index contributed by atoms with van der Waals surface area (Å²) < 4.78 is 5.47. The molecule has 2 aromatic carbocycles. The predicted molar refractivity (Wildman–Crippen MR) is 147 cm³/mol. The number of benzene rings is 2. The molecule has 1 amide bonds. The van der Waals surface area contributed by atoms with Gasteiger partial charge in [0.25, 0.3) is 0 Å². The Bertz CT molecular complexity index is 1090. The number of ether oxygens (including phenoxy) is 1. The molecule has 5 heteroatoms. The smallest absolute Gasteiger partial charge is 0.224 e. The standard InChI is InChI=1S/C31H41N3O2/c1-22(33-30(35)19-14-23-10-6-4-7-11-23)28(20-24-12-8-5-9-13-24)34-31(2)27-17-16-26(36-3)21-25(27)15-18-29(31)32/h4,6-7,10-11,16-17,21,24,29H,1,5,8-9,12-15,18-20,32H2,2-3H3,(H,33,35). The molecule has 0 aromatic heterocycles. The summed E-state index contributed by atoms with van der Waals surface area (Å²) in [6.45, 7) is 6.43. The number of nitrogens with zero attached hydrogens (tertiary/aromatic N) is 1. The van der Waals surface area contributed by atoms with Gasteiger partial charge in [-0.1, -0.05) is 75.1 Å². The van der Waals surface area contributed by atoms with Gasteiger partial charge >= 0.3 is 0 Å². The van der Waals surface area contributed by atoms with E-state index in [0.29, 0.717) is 24.5 Å². The Morgan fingerprint density at radius 3 is 2.61 bits per heavy atom. The molecule has 192 valence electrons. The Hall–Kier alpha value is -2.92. The lowest BCUT2D eigenvalue weighted by molar-refractivity contribution is -0.120. The highest BCUT2D eigenvalue weighted by Crippen LogP contribution is 2.40. The van der Waals surface area contributed by atoms with Gasteiger partial charge < -0.3 is 15.8 Å². The summed E-state index contributed by atoms with van der Waals surface area (Å²) >= 11 is 0. The number of aliphatic imine (C=N–C) groups is 1. The zero-order chi connectivity index (χ0) is 25.5. The van der Waals surface area contributed by atoms with Crippen LogP contribution in [0.4, 0.5) is 0 Å². The largest absolute Gasteiger partial charge is 0.497 e. The number of nitrogens with one attached hydrogen (secondary N) is 1. The highest BCUT2D eigenvalue weighted by molar-refractivity contribution is 6.02. The topological polar surface area (TPSA) is 76.7 Å². The highest BCUT2D eigenvalue weighted by atomic mass is 16.5. The number of carbonyl (C=O) groups is 1. The van der Waals surface area contributed by atoms with Gasteiger partial charge in [0.1, 0.15) is 5.75 Å². The quantitative estimate of drug-likeness (QED) is 0.435. The number of nitrogens with two attached hydrogens (primary N) is 1. The van der Waals surface area contributed by atoms with Gasteiger partial charge in [0, 0.05) is 12.5 Å². The van der Waals surface area contributed by atoms with E-state index in [4.69, 9.17) is 15.5 Å². The average molecular weight is 488 g/mol. The first-order valence-electron chi connectivity index (χ1n) is 13.4. The van der Waals surface area contributed by atoms with Gasteiger partial charge in [0.2, 0.25) is 5.91 Å². The molecular formula is C31H41N3O2. The van der Waals surface area contributed by atoms with Gasteiger partial charge in [0.05, 0.1) is 24.1 Å². The van der Waals surface area contributed by atoms with E-state index in [1.54, 1.807) is 7.11 Å². The molecule has 3 N–H and O–H groups in total. The fourth-order valence-electron chi connectivity index (χ4n) is 5.72. The molecule has 2 unspecified atom stereocenters. The third kappa shape index (κ3) is 6.25. The summed E-state index contributed by atoms with van der Waals surface area (Å²) in [7, 11) is 1.69. The SMILES string of the molecule is C=C(NC(=O)CCc1ccccc1)C(CC1CCCCC1)=NC1(C)c2ccc(OC)cc2CCC1N. The van der Waals surface area contributed by atoms with Crippen molar-refractivity contribution >= 4 is 11.6 Å². The van der Waals surface area contributed by atoms with Crippen LogP contribution in [0.1, 0.15) is 75.0 Å². The summed E-state index contributed by atoms with van der Waals surface area (Å²) in [5, 5.41) is 3.08. The highest BCUT2D eigenvalue weighted by Gasteiger charge is 2.39. The molecule has 5 nitrogen and oxygen atoms in total. The first kappa shape index (κ1) is 26.2. The number of amides is 1. The normalized spacial score (nSPS) is 22.5. The van der Waals surface area contributed by atoms with Crippen LogP contribution in [0.3, 0.4) is 0 Å². The van der Waals surface area contributed by atoms with Crippen molar-refractivity contribution < 1.29 is 9.53 Å². The lowest BCUT2D eigenvalue weighted by Gasteiger charge is -2.39. The first-order valence-corrected chi connectivity index (χ1v) is 13.4. The Kier molecular flexibility index (Phi) is 8.63. The van der Waals surface area contributed by atoms with Gasteiger partial charge in [-0.15, -0.1) is 0 Å². The van der Waals surface area contributed by atoms with E-state index in [2.05, 4.69) is 43.1 Å². The van der Waals surface area contributed by atoms with Crippen LogP contribution in [0.5, 0.6) is 5.75 Å². The van der Waals surface area contributed by atoms with Crippen molar-refractivity contribution in [2.45, 2.75) is 82.7 Å². The Labute approximate surface area is 216 Å². The second-order valence-electron chi connectivity index (χ2n) is 10.6. The van der Waals surface area contributed by atoms with Gasteiger partial charge in [0.15, 0.2) is 0 Å².